The maximum absolute atomic E-state index is 13.5. The molecular weight excluding hydrogens is 474 g/mol. The summed E-state index contributed by atoms with van der Waals surface area (Å²) in [6, 6.07) is 16.9. The lowest BCUT2D eigenvalue weighted by Gasteiger charge is -2.31. The Labute approximate surface area is 223 Å². The van der Waals surface area contributed by atoms with Crippen LogP contribution in [0, 0.1) is 11.3 Å². The van der Waals surface area contributed by atoms with Gasteiger partial charge >= 0.3 is 0 Å². The quantitative estimate of drug-likeness (QED) is 0.492. The van der Waals surface area contributed by atoms with Crippen LogP contribution in [0.15, 0.2) is 65.9 Å². The maximum atomic E-state index is 13.5. The van der Waals surface area contributed by atoms with E-state index >= 15 is 0 Å². The SMILES string of the molecule is Cn1cc(-c2ccc(-c3ccc(C4=NC5(CC5)C(=O)N4C[C@]4(C)CCN(C(=O)C5CC5)C4)cc3)cc2)cn1. The first-order valence-corrected chi connectivity index (χ1v) is 13.7. The molecule has 7 heteroatoms. The number of aromatic nitrogens is 2. The molecule has 0 bridgehead atoms. The first kappa shape index (κ1) is 23.4. The van der Waals surface area contributed by atoms with Gasteiger partial charge in [0.15, 0.2) is 0 Å². The molecule has 1 spiro atoms. The first-order valence-electron chi connectivity index (χ1n) is 13.7. The summed E-state index contributed by atoms with van der Waals surface area (Å²) in [6.07, 6.45) is 8.53. The zero-order valence-corrected chi connectivity index (χ0v) is 22.1. The van der Waals surface area contributed by atoms with E-state index in [1.807, 2.05) is 33.9 Å². The summed E-state index contributed by atoms with van der Waals surface area (Å²) < 4.78 is 1.81. The van der Waals surface area contributed by atoms with Crippen molar-refractivity contribution in [2.45, 2.75) is 44.6 Å². The minimum Gasteiger partial charge on any atom is -0.342 e. The zero-order valence-electron chi connectivity index (χ0n) is 22.1. The van der Waals surface area contributed by atoms with Gasteiger partial charge in [-0.1, -0.05) is 55.5 Å². The average Bonchev–Trinajstić information content (AvgIpc) is 3.83. The standard InChI is InChI=1S/C31H33N5O2/c1-30(15-16-35(19-30)28(37)25-11-12-25)20-36-27(33-31(13-14-31)29(36)38)24-9-7-22(8-10-24)21-3-5-23(6-4-21)26-17-32-34(2)18-26/h3-10,17-18,25H,11-16,19-20H2,1-2H3/t30-/m1/s1. The Morgan fingerprint density at radius 3 is 2.08 bits per heavy atom. The predicted octanol–water partition coefficient (Wildman–Crippen LogP) is 4.52. The van der Waals surface area contributed by atoms with Crippen LogP contribution in [0.1, 0.15) is 44.6 Å². The smallest absolute Gasteiger partial charge is 0.256 e. The van der Waals surface area contributed by atoms with E-state index in [9.17, 15) is 9.59 Å². The minimum absolute atomic E-state index is 0.114. The van der Waals surface area contributed by atoms with Gasteiger partial charge < -0.3 is 4.90 Å². The molecule has 2 amide bonds. The van der Waals surface area contributed by atoms with Crippen molar-refractivity contribution < 1.29 is 9.59 Å². The zero-order chi connectivity index (χ0) is 26.1. The highest BCUT2D eigenvalue weighted by molar-refractivity contribution is 6.16. The van der Waals surface area contributed by atoms with Crippen LogP contribution in [0.2, 0.25) is 0 Å². The molecule has 2 aliphatic carbocycles. The number of amides is 2. The summed E-state index contributed by atoms with van der Waals surface area (Å²) in [7, 11) is 1.92. The Balaban J connectivity index is 1.10. The topological polar surface area (TPSA) is 70.8 Å². The van der Waals surface area contributed by atoms with Gasteiger partial charge in [0.1, 0.15) is 11.4 Å². The summed E-state index contributed by atoms with van der Waals surface area (Å²) in [6.45, 7) is 4.34. The monoisotopic (exact) mass is 507 g/mol. The molecular formula is C31H33N5O2. The lowest BCUT2D eigenvalue weighted by atomic mass is 9.88. The van der Waals surface area contributed by atoms with Gasteiger partial charge in [-0.05, 0) is 48.8 Å². The molecule has 1 atom stereocenters. The Bertz CT molecular complexity index is 1450. The Morgan fingerprint density at radius 2 is 1.53 bits per heavy atom. The van der Waals surface area contributed by atoms with Crippen LogP contribution in [-0.4, -0.2) is 62.4 Å². The van der Waals surface area contributed by atoms with E-state index in [1.165, 1.54) is 0 Å². The summed E-state index contributed by atoms with van der Waals surface area (Å²) in [5.41, 5.74) is 4.82. The summed E-state index contributed by atoms with van der Waals surface area (Å²) in [5.74, 6) is 1.47. The molecule has 0 radical (unpaired) electrons. The number of hydrogen-bond donors (Lipinski definition) is 0. The summed E-state index contributed by atoms with van der Waals surface area (Å²) in [5, 5.41) is 4.26. The predicted molar refractivity (Wildman–Crippen MR) is 146 cm³/mol. The second kappa shape index (κ2) is 8.38. The molecule has 3 fully saturated rings. The molecule has 4 aliphatic rings. The number of likely N-dealkylation sites (tertiary alicyclic amines) is 1. The number of nitrogens with zero attached hydrogens (tertiary/aromatic N) is 5. The van der Waals surface area contributed by atoms with Crippen LogP contribution in [0.4, 0.5) is 0 Å². The van der Waals surface area contributed by atoms with E-state index in [2.05, 4.69) is 60.6 Å². The van der Waals surface area contributed by atoms with Crippen molar-refractivity contribution in [2.75, 3.05) is 19.6 Å². The van der Waals surface area contributed by atoms with Gasteiger partial charge in [0.25, 0.3) is 5.91 Å². The van der Waals surface area contributed by atoms with E-state index in [1.54, 1.807) is 0 Å². The fourth-order valence-corrected chi connectivity index (χ4v) is 6.02. The Kier molecular flexibility index (Phi) is 5.16. The molecule has 7 nitrogen and oxygen atoms in total. The Morgan fingerprint density at radius 1 is 0.921 bits per heavy atom. The van der Waals surface area contributed by atoms with E-state index in [0.717, 1.165) is 78.8 Å². The third-order valence-electron chi connectivity index (χ3n) is 8.68. The van der Waals surface area contributed by atoms with Crippen molar-refractivity contribution in [3.8, 4) is 22.3 Å². The molecule has 3 heterocycles. The van der Waals surface area contributed by atoms with Crippen molar-refractivity contribution in [3.05, 3.63) is 66.5 Å². The van der Waals surface area contributed by atoms with Crippen molar-refractivity contribution in [2.24, 2.45) is 23.4 Å². The molecule has 2 saturated carbocycles. The summed E-state index contributed by atoms with van der Waals surface area (Å²) >= 11 is 0. The molecule has 7 rings (SSSR count). The van der Waals surface area contributed by atoms with Crippen LogP contribution >= 0.6 is 0 Å². The number of carbonyl (C=O) groups excluding carboxylic acids is 2. The molecule has 194 valence electrons. The molecule has 2 aromatic carbocycles. The lowest BCUT2D eigenvalue weighted by Crippen LogP contribution is -2.45. The second-order valence-electron chi connectivity index (χ2n) is 12.0. The number of aryl methyl sites for hydroxylation is 1. The van der Waals surface area contributed by atoms with Gasteiger partial charge in [-0.15, -0.1) is 0 Å². The normalized spacial score (nSPS) is 23.8. The van der Waals surface area contributed by atoms with Crippen LogP contribution in [-0.2, 0) is 16.6 Å². The van der Waals surface area contributed by atoms with E-state index in [0.29, 0.717) is 12.5 Å². The second-order valence-corrected chi connectivity index (χ2v) is 12.0. The van der Waals surface area contributed by atoms with E-state index in [4.69, 9.17) is 4.99 Å². The fraction of sp³-hybridized carbons (Fsp3) is 0.419. The van der Waals surface area contributed by atoms with Crippen molar-refractivity contribution >= 4 is 17.6 Å². The first-order chi connectivity index (χ1) is 18.3. The number of aliphatic imine (C=N–C) groups is 1. The van der Waals surface area contributed by atoms with Crippen molar-refractivity contribution in [3.63, 3.8) is 0 Å². The van der Waals surface area contributed by atoms with E-state index in [-0.39, 0.29) is 17.2 Å². The van der Waals surface area contributed by atoms with Gasteiger partial charge in [-0.2, -0.15) is 5.10 Å². The van der Waals surface area contributed by atoms with Crippen LogP contribution < -0.4 is 0 Å². The molecule has 0 unspecified atom stereocenters. The molecule has 1 aromatic heterocycles. The molecule has 3 aromatic rings. The van der Waals surface area contributed by atoms with Crippen LogP contribution in [0.5, 0.6) is 0 Å². The molecule has 1 saturated heterocycles. The highest BCUT2D eigenvalue weighted by Crippen LogP contribution is 2.47. The van der Waals surface area contributed by atoms with Crippen molar-refractivity contribution in [1.29, 1.82) is 0 Å². The van der Waals surface area contributed by atoms with Gasteiger partial charge in [0.05, 0.1) is 6.20 Å². The number of benzene rings is 2. The maximum Gasteiger partial charge on any atom is 0.256 e. The molecule has 38 heavy (non-hydrogen) atoms. The van der Waals surface area contributed by atoms with Crippen molar-refractivity contribution in [1.82, 2.24) is 19.6 Å². The number of hydrogen-bond acceptors (Lipinski definition) is 4. The minimum atomic E-state index is -0.547. The van der Waals surface area contributed by atoms with E-state index < -0.39 is 5.54 Å². The molecule has 2 aliphatic heterocycles. The Hall–Kier alpha value is -3.74. The largest absolute Gasteiger partial charge is 0.342 e. The highest BCUT2D eigenvalue weighted by Gasteiger charge is 2.58. The number of carbonyl (C=O) groups is 2. The lowest BCUT2D eigenvalue weighted by molar-refractivity contribution is -0.131. The van der Waals surface area contributed by atoms with Gasteiger partial charge in [0, 0.05) is 55.3 Å². The van der Waals surface area contributed by atoms with Crippen LogP contribution in [0.3, 0.4) is 0 Å². The number of amidine groups is 1. The fourth-order valence-electron chi connectivity index (χ4n) is 6.02. The number of rotatable bonds is 6. The highest BCUT2D eigenvalue weighted by atomic mass is 16.2. The van der Waals surface area contributed by atoms with Gasteiger partial charge in [-0.3, -0.25) is 24.2 Å². The summed E-state index contributed by atoms with van der Waals surface area (Å²) in [4.78, 5) is 35.1. The van der Waals surface area contributed by atoms with Gasteiger partial charge in [-0.25, -0.2) is 0 Å². The molecule has 0 N–H and O–H groups in total. The third kappa shape index (κ3) is 4.05. The third-order valence-corrected chi connectivity index (χ3v) is 8.68. The van der Waals surface area contributed by atoms with Gasteiger partial charge in [0.2, 0.25) is 5.91 Å². The van der Waals surface area contributed by atoms with Crippen LogP contribution in [0.25, 0.3) is 22.3 Å². The average molecular weight is 508 g/mol.